The minimum Gasteiger partial charge on any atom is -0.327 e. The molecule has 0 radical (unpaired) electrons. The molecular weight excluding hydrogens is 130 g/mol. The monoisotopic (exact) mass is 139 g/mol. The molecule has 1 nitrogen and oxygen atoms in total. The van der Waals surface area contributed by atoms with Gasteiger partial charge in [0, 0.05) is 11.8 Å². The van der Waals surface area contributed by atoms with Gasteiger partial charge >= 0.3 is 0 Å². The Morgan fingerprint density at radius 3 is 2.43 bits per heavy atom. The highest BCUT2D eigenvalue weighted by Crippen LogP contribution is 2.14. The number of rotatable bonds is 0. The third-order valence-electron chi connectivity index (χ3n) is 0.965. The second-order valence-electron chi connectivity index (χ2n) is 1.62. The highest BCUT2D eigenvalue weighted by molar-refractivity contribution is 7.99. The van der Waals surface area contributed by atoms with Gasteiger partial charge in [-0.1, -0.05) is 0 Å². The molecule has 3 heteroatoms. The summed E-state index contributed by atoms with van der Waals surface area (Å²) in [4.78, 5) is 0. The molecule has 0 saturated carbocycles. The molecule has 1 aliphatic heterocycles. The third-order valence-corrected chi connectivity index (χ3v) is 2.15. The van der Waals surface area contributed by atoms with Crippen molar-refractivity contribution < 1.29 is 0 Å². The van der Waals surface area contributed by atoms with Crippen LogP contribution in [0.15, 0.2) is 0 Å². The van der Waals surface area contributed by atoms with Crippen molar-refractivity contribution in [2.75, 3.05) is 11.5 Å². The Morgan fingerprint density at radius 1 is 1.57 bits per heavy atom. The van der Waals surface area contributed by atoms with Gasteiger partial charge in [0.25, 0.3) is 0 Å². The first-order chi connectivity index (χ1) is 2.89. The minimum absolute atomic E-state index is 0. The quantitative estimate of drug-likeness (QED) is 0.539. The zero-order valence-electron chi connectivity index (χ0n) is 4.09. The van der Waals surface area contributed by atoms with Crippen molar-refractivity contribution in [1.29, 1.82) is 0 Å². The summed E-state index contributed by atoms with van der Waals surface area (Å²) >= 11 is 1.96. The van der Waals surface area contributed by atoms with Crippen LogP contribution in [0, 0.1) is 0 Å². The first-order valence-corrected chi connectivity index (χ1v) is 3.38. The Kier molecular flexibility index (Phi) is 3.89. The smallest absolute Gasteiger partial charge is 0.0138 e. The third kappa shape index (κ3) is 2.42. The number of thioether (sulfide) groups is 1. The van der Waals surface area contributed by atoms with E-state index in [1.54, 1.807) is 0 Å². The molecule has 0 amide bonds. The van der Waals surface area contributed by atoms with E-state index < -0.39 is 0 Å². The Hall–Kier alpha value is 0.600. The van der Waals surface area contributed by atoms with Gasteiger partial charge in [0.1, 0.15) is 0 Å². The van der Waals surface area contributed by atoms with Gasteiger partial charge in [-0.3, -0.25) is 0 Å². The molecule has 1 saturated heterocycles. The first kappa shape index (κ1) is 7.60. The summed E-state index contributed by atoms with van der Waals surface area (Å²) < 4.78 is 0. The first-order valence-electron chi connectivity index (χ1n) is 2.23. The summed E-state index contributed by atoms with van der Waals surface area (Å²) in [7, 11) is 0. The van der Waals surface area contributed by atoms with Crippen LogP contribution in [0.4, 0.5) is 0 Å². The number of hydrogen-bond acceptors (Lipinski definition) is 2. The van der Waals surface area contributed by atoms with E-state index in [4.69, 9.17) is 5.73 Å². The number of hydrogen-bond donors (Lipinski definition) is 1. The van der Waals surface area contributed by atoms with Crippen LogP contribution in [-0.4, -0.2) is 17.5 Å². The van der Waals surface area contributed by atoms with E-state index in [2.05, 4.69) is 0 Å². The van der Waals surface area contributed by atoms with Gasteiger partial charge in [0.2, 0.25) is 0 Å². The fraction of sp³-hybridized carbons (Fsp3) is 1.00. The maximum Gasteiger partial charge on any atom is 0.0138 e. The maximum atomic E-state index is 5.51. The molecule has 7 heavy (non-hydrogen) atoms. The van der Waals surface area contributed by atoms with Gasteiger partial charge in [-0.15, -0.1) is 12.4 Å². The van der Waals surface area contributed by atoms with Crippen LogP contribution < -0.4 is 5.73 Å². The highest BCUT2D eigenvalue weighted by atomic mass is 35.5. The van der Waals surface area contributed by atoms with Gasteiger partial charge in [-0.2, -0.15) is 11.8 Å². The average molecular weight is 140 g/mol. The van der Waals surface area contributed by atoms with Crippen LogP contribution in [0.2, 0.25) is 0 Å². The lowest BCUT2D eigenvalue weighted by atomic mass is 10.3. The van der Waals surface area contributed by atoms with Crippen molar-refractivity contribution in [3.63, 3.8) is 0 Å². The van der Waals surface area contributed by atoms with E-state index in [-0.39, 0.29) is 12.4 Å². The normalized spacial score (nSPS) is 29.6. The fourth-order valence-corrected chi connectivity index (χ4v) is 1.66. The molecule has 1 heterocycles. The van der Waals surface area contributed by atoms with E-state index in [9.17, 15) is 0 Å². The van der Waals surface area contributed by atoms with E-state index >= 15 is 0 Å². The zero-order chi connectivity index (χ0) is 4.41. The molecule has 1 fully saturated rings. The lowest BCUT2D eigenvalue weighted by Crippen LogP contribution is -2.17. The van der Waals surface area contributed by atoms with E-state index in [1.807, 2.05) is 11.8 Å². The highest BCUT2D eigenvalue weighted by Gasteiger charge is 2.08. The Labute approximate surface area is 54.4 Å². The van der Waals surface area contributed by atoms with Crippen LogP contribution in [0.25, 0.3) is 0 Å². The largest absolute Gasteiger partial charge is 0.327 e. The van der Waals surface area contributed by atoms with Crippen LogP contribution >= 0.6 is 24.2 Å². The summed E-state index contributed by atoms with van der Waals surface area (Å²) in [5, 5.41) is 0. The summed E-state index contributed by atoms with van der Waals surface area (Å²) in [6.45, 7) is 0. The molecule has 0 spiro atoms. The predicted molar refractivity (Wildman–Crippen MR) is 37.2 cm³/mol. The van der Waals surface area contributed by atoms with Gasteiger partial charge in [-0.05, 0) is 12.2 Å². The zero-order valence-corrected chi connectivity index (χ0v) is 5.73. The maximum absolute atomic E-state index is 5.51. The Morgan fingerprint density at radius 2 is 2.29 bits per heavy atom. The van der Waals surface area contributed by atoms with Gasteiger partial charge in [0.05, 0.1) is 0 Å². The molecule has 1 rings (SSSR count). The van der Waals surface area contributed by atoms with Gasteiger partial charge in [0.15, 0.2) is 0 Å². The molecule has 1 unspecified atom stereocenters. The van der Waals surface area contributed by atoms with E-state index in [0.29, 0.717) is 6.04 Å². The lowest BCUT2D eigenvalue weighted by molar-refractivity contribution is 0.759. The summed E-state index contributed by atoms with van der Waals surface area (Å²) in [6.07, 6.45) is 1.23. The van der Waals surface area contributed by atoms with E-state index in [1.165, 1.54) is 17.9 Å². The van der Waals surface area contributed by atoms with Crippen molar-refractivity contribution in [3.8, 4) is 0 Å². The van der Waals surface area contributed by atoms with Crippen LogP contribution in [-0.2, 0) is 0 Å². The lowest BCUT2D eigenvalue weighted by Gasteiger charge is -1.91. The van der Waals surface area contributed by atoms with Crippen LogP contribution in [0.1, 0.15) is 6.42 Å². The van der Waals surface area contributed by atoms with E-state index in [0.717, 1.165) is 0 Å². The molecule has 0 aromatic heterocycles. The van der Waals surface area contributed by atoms with Crippen molar-refractivity contribution in [1.82, 2.24) is 0 Å². The topological polar surface area (TPSA) is 26.0 Å². The molecule has 0 aromatic rings. The van der Waals surface area contributed by atoms with Crippen molar-refractivity contribution in [2.45, 2.75) is 12.5 Å². The fourth-order valence-electron chi connectivity index (χ4n) is 0.553. The molecule has 2 N–H and O–H groups in total. The van der Waals surface area contributed by atoms with Crippen molar-refractivity contribution in [3.05, 3.63) is 0 Å². The Balaban J connectivity index is 0.000000360. The molecular formula is C4H10ClNS. The standard InChI is InChI=1S/C4H9NS.ClH/c5-4-1-2-6-3-4;/h4H,1-3,5H2;1H. The predicted octanol–water partition coefficient (Wildman–Crippen LogP) is 0.872. The molecule has 0 aliphatic carbocycles. The molecule has 0 aromatic carbocycles. The second-order valence-corrected chi connectivity index (χ2v) is 2.77. The van der Waals surface area contributed by atoms with Gasteiger partial charge < -0.3 is 5.73 Å². The van der Waals surface area contributed by atoms with Crippen LogP contribution in [0.3, 0.4) is 0 Å². The average Bonchev–Trinajstić information content (AvgIpc) is 1.86. The second kappa shape index (κ2) is 3.58. The molecule has 0 bridgehead atoms. The summed E-state index contributed by atoms with van der Waals surface area (Å²) in [6, 6.07) is 0.509. The van der Waals surface area contributed by atoms with Crippen molar-refractivity contribution >= 4 is 24.2 Å². The summed E-state index contributed by atoms with van der Waals surface area (Å²) in [5.41, 5.74) is 5.51. The minimum atomic E-state index is 0. The molecule has 1 atom stereocenters. The molecule has 44 valence electrons. The number of halogens is 1. The van der Waals surface area contributed by atoms with Crippen molar-refractivity contribution in [2.24, 2.45) is 5.73 Å². The summed E-state index contributed by atoms with van der Waals surface area (Å²) in [5.74, 6) is 2.46. The SMILES string of the molecule is Cl.NC1CCSC1. The number of nitrogens with two attached hydrogens (primary N) is 1. The molecule has 1 aliphatic rings. The van der Waals surface area contributed by atoms with Crippen LogP contribution in [0.5, 0.6) is 0 Å². The Bertz CT molecular complexity index is 45.0. The van der Waals surface area contributed by atoms with Gasteiger partial charge in [-0.25, -0.2) is 0 Å².